The Hall–Kier alpha value is -2.58. The van der Waals surface area contributed by atoms with Crippen molar-refractivity contribution in [1.82, 2.24) is 5.32 Å². The third-order valence-corrected chi connectivity index (χ3v) is 4.65. The summed E-state index contributed by atoms with van der Waals surface area (Å²) in [5, 5.41) is 3.26. The minimum absolute atomic E-state index is 0.128. The van der Waals surface area contributed by atoms with Gasteiger partial charge in [0.1, 0.15) is 0 Å². The average Bonchev–Trinajstić information content (AvgIpc) is 2.64. The van der Waals surface area contributed by atoms with Gasteiger partial charge in [-0.25, -0.2) is 0 Å². The molecule has 0 aliphatic heterocycles. The largest absolute Gasteiger partial charge is 0.355 e. The molecule has 0 aliphatic carbocycles. The van der Waals surface area contributed by atoms with E-state index in [0.29, 0.717) is 10.6 Å². The van der Waals surface area contributed by atoms with E-state index in [0.717, 1.165) is 27.8 Å². The first-order valence-corrected chi connectivity index (χ1v) is 8.17. The Balaban J connectivity index is 2.18. The van der Waals surface area contributed by atoms with Crippen LogP contribution < -0.4 is 5.32 Å². The lowest BCUT2D eigenvalue weighted by Gasteiger charge is -2.15. The quantitative estimate of drug-likeness (QED) is 0.687. The number of carbonyl (C=O) groups is 1. The van der Waals surface area contributed by atoms with Gasteiger partial charge in [-0.3, -0.25) is 4.79 Å². The van der Waals surface area contributed by atoms with Crippen LogP contribution in [0.4, 0.5) is 0 Å². The fraction of sp³-hybridized carbons (Fsp3) is 0.0952. The summed E-state index contributed by atoms with van der Waals surface area (Å²) in [6, 6.07) is 22.1. The monoisotopic (exact) mass is 335 g/mol. The molecular formula is C21H18ClNO. The predicted molar refractivity (Wildman–Crippen MR) is 100 cm³/mol. The molecule has 2 nitrogen and oxygen atoms in total. The zero-order valence-corrected chi connectivity index (χ0v) is 14.4. The molecule has 24 heavy (non-hydrogen) atoms. The molecule has 0 saturated carbocycles. The van der Waals surface area contributed by atoms with Gasteiger partial charge in [0.2, 0.25) is 0 Å². The molecule has 0 unspecified atom stereocenters. The second-order valence-corrected chi connectivity index (χ2v) is 5.97. The van der Waals surface area contributed by atoms with Gasteiger partial charge in [-0.05, 0) is 35.2 Å². The molecular weight excluding hydrogens is 318 g/mol. The molecule has 3 aromatic carbocycles. The lowest BCUT2D eigenvalue weighted by molar-refractivity contribution is 0.0962. The van der Waals surface area contributed by atoms with Crippen molar-refractivity contribution < 1.29 is 4.79 Å². The Kier molecular flexibility index (Phi) is 4.68. The zero-order valence-electron chi connectivity index (χ0n) is 13.6. The second kappa shape index (κ2) is 6.90. The SMILES string of the molecule is CNC(=O)c1ccc(-c2ccccc2-c2ccccc2)c(Cl)c1C. The van der Waals surface area contributed by atoms with Gasteiger partial charge >= 0.3 is 0 Å². The first kappa shape index (κ1) is 16.3. The predicted octanol–water partition coefficient (Wildman–Crippen LogP) is 5.34. The van der Waals surface area contributed by atoms with E-state index in [9.17, 15) is 4.79 Å². The third kappa shape index (κ3) is 2.93. The summed E-state index contributed by atoms with van der Waals surface area (Å²) in [5.74, 6) is -0.128. The number of hydrogen-bond acceptors (Lipinski definition) is 1. The van der Waals surface area contributed by atoms with Crippen molar-refractivity contribution in [1.29, 1.82) is 0 Å². The molecule has 0 radical (unpaired) electrons. The Morgan fingerprint density at radius 1 is 0.833 bits per heavy atom. The van der Waals surface area contributed by atoms with E-state index in [2.05, 4.69) is 29.6 Å². The van der Waals surface area contributed by atoms with Gasteiger partial charge in [-0.1, -0.05) is 72.3 Å². The van der Waals surface area contributed by atoms with Crippen molar-refractivity contribution in [3.63, 3.8) is 0 Å². The van der Waals surface area contributed by atoms with Crippen molar-refractivity contribution in [3.05, 3.63) is 82.9 Å². The van der Waals surface area contributed by atoms with E-state index in [1.165, 1.54) is 0 Å². The number of halogens is 1. The van der Waals surface area contributed by atoms with E-state index in [-0.39, 0.29) is 5.91 Å². The van der Waals surface area contributed by atoms with Gasteiger partial charge in [0.25, 0.3) is 5.91 Å². The summed E-state index contributed by atoms with van der Waals surface area (Å²) in [6.45, 7) is 1.88. The maximum atomic E-state index is 12.0. The van der Waals surface area contributed by atoms with Crippen LogP contribution in [-0.2, 0) is 0 Å². The molecule has 0 aliphatic rings. The number of hydrogen-bond donors (Lipinski definition) is 1. The first-order chi connectivity index (χ1) is 11.6. The minimum Gasteiger partial charge on any atom is -0.355 e. The maximum Gasteiger partial charge on any atom is 0.251 e. The second-order valence-electron chi connectivity index (χ2n) is 5.59. The summed E-state index contributed by atoms with van der Waals surface area (Å²) in [7, 11) is 1.62. The van der Waals surface area contributed by atoms with E-state index in [1.807, 2.05) is 49.4 Å². The Morgan fingerprint density at radius 3 is 2.12 bits per heavy atom. The van der Waals surface area contributed by atoms with E-state index in [1.54, 1.807) is 7.05 Å². The molecule has 0 heterocycles. The molecule has 0 bridgehead atoms. The lowest BCUT2D eigenvalue weighted by Crippen LogP contribution is -2.19. The van der Waals surface area contributed by atoms with Gasteiger partial charge in [-0.15, -0.1) is 0 Å². The van der Waals surface area contributed by atoms with E-state index < -0.39 is 0 Å². The number of rotatable bonds is 3. The molecule has 0 spiro atoms. The number of nitrogens with one attached hydrogen (secondary N) is 1. The standard InChI is InChI=1S/C21H18ClNO/c1-14-16(21(24)23-2)12-13-19(20(14)22)18-11-7-6-10-17(18)15-8-4-3-5-9-15/h3-13H,1-2H3,(H,23,24). The van der Waals surface area contributed by atoms with Crippen molar-refractivity contribution in [2.75, 3.05) is 7.05 Å². The number of amides is 1. The van der Waals surface area contributed by atoms with Crippen LogP contribution in [0.25, 0.3) is 22.3 Å². The molecule has 0 aromatic heterocycles. The smallest absolute Gasteiger partial charge is 0.251 e. The van der Waals surface area contributed by atoms with Crippen molar-refractivity contribution in [2.24, 2.45) is 0 Å². The normalized spacial score (nSPS) is 10.5. The van der Waals surface area contributed by atoms with Crippen LogP contribution in [0.3, 0.4) is 0 Å². The van der Waals surface area contributed by atoms with Crippen molar-refractivity contribution in [2.45, 2.75) is 6.92 Å². The maximum absolute atomic E-state index is 12.0. The molecule has 0 saturated heterocycles. The Morgan fingerprint density at radius 2 is 1.46 bits per heavy atom. The summed E-state index contributed by atoms with van der Waals surface area (Å²) >= 11 is 6.61. The molecule has 0 atom stereocenters. The molecule has 120 valence electrons. The van der Waals surface area contributed by atoms with Crippen LogP contribution in [0.2, 0.25) is 5.02 Å². The molecule has 3 heteroatoms. The fourth-order valence-electron chi connectivity index (χ4n) is 2.86. The first-order valence-electron chi connectivity index (χ1n) is 7.79. The summed E-state index contributed by atoms with van der Waals surface area (Å²) in [6.07, 6.45) is 0. The number of carbonyl (C=O) groups excluding carboxylic acids is 1. The van der Waals surface area contributed by atoms with E-state index >= 15 is 0 Å². The van der Waals surface area contributed by atoms with Gasteiger partial charge in [0.05, 0.1) is 5.02 Å². The highest BCUT2D eigenvalue weighted by Crippen LogP contribution is 2.38. The summed E-state index contributed by atoms with van der Waals surface area (Å²) in [5.41, 5.74) is 5.63. The van der Waals surface area contributed by atoms with Crippen LogP contribution in [-0.4, -0.2) is 13.0 Å². The summed E-state index contributed by atoms with van der Waals surface area (Å²) < 4.78 is 0. The van der Waals surface area contributed by atoms with Gasteiger partial charge in [0.15, 0.2) is 0 Å². The van der Waals surface area contributed by atoms with Gasteiger partial charge < -0.3 is 5.32 Å². The van der Waals surface area contributed by atoms with Crippen LogP contribution in [0.1, 0.15) is 15.9 Å². The van der Waals surface area contributed by atoms with Crippen molar-refractivity contribution >= 4 is 17.5 Å². The molecule has 3 rings (SSSR count). The Labute approximate surface area is 147 Å². The highest BCUT2D eigenvalue weighted by Gasteiger charge is 2.16. The van der Waals surface area contributed by atoms with Crippen LogP contribution in [0.15, 0.2) is 66.7 Å². The van der Waals surface area contributed by atoms with Crippen LogP contribution in [0, 0.1) is 6.92 Å². The molecule has 1 amide bonds. The highest BCUT2D eigenvalue weighted by atomic mass is 35.5. The van der Waals surface area contributed by atoms with Crippen molar-refractivity contribution in [3.8, 4) is 22.3 Å². The van der Waals surface area contributed by atoms with Crippen LogP contribution >= 0.6 is 11.6 Å². The zero-order chi connectivity index (χ0) is 17.1. The van der Waals surface area contributed by atoms with E-state index in [4.69, 9.17) is 11.6 Å². The summed E-state index contributed by atoms with van der Waals surface area (Å²) in [4.78, 5) is 12.0. The highest BCUT2D eigenvalue weighted by molar-refractivity contribution is 6.34. The average molecular weight is 336 g/mol. The molecule has 3 aromatic rings. The Bertz CT molecular complexity index is 888. The third-order valence-electron chi connectivity index (χ3n) is 4.16. The lowest BCUT2D eigenvalue weighted by atomic mass is 9.92. The van der Waals surface area contributed by atoms with Gasteiger partial charge in [-0.2, -0.15) is 0 Å². The molecule has 1 N–H and O–H groups in total. The van der Waals surface area contributed by atoms with Crippen LogP contribution in [0.5, 0.6) is 0 Å². The fourth-order valence-corrected chi connectivity index (χ4v) is 3.13. The molecule has 0 fully saturated rings. The minimum atomic E-state index is -0.128. The van der Waals surface area contributed by atoms with Gasteiger partial charge in [0, 0.05) is 18.2 Å². The number of benzene rings is 3. The topological polar surface area (TPSA) is 29.1 Å².